The largest absolute Gasteiger partial charge is 0.396 e. The molecule has 1 aromatic rings. The van der Waals surface area contributed by atoms with E-state index in [4.69, 9.17) is 11.5 Å². The summed E-state index contributed by atoms with van der Waals surface area (Å²) in [6.45, 7) is 0. The van der Waals surface area contributed by atoms with Gasteiger partial charge in [0.25, 0.3) is 5.91 Å². The van der Waals surface area contributed by atoms with Crippen LogP contribution >= 0.6 is 0 Å². The van der Waals surface area contributed by atoms with Crippen LogP contribution in [-0.2, 0) is 0 Å². The number of nitrogen functional groups attached to an aromatic ring is 1. The molecule has 0 radical (unpaired) electrons. The number of amides is 1. The lowest BCUT2D eigenvalue weighted by Gasteiger charge is -2.01. The van der Waals surface area contributed by atoms with Crippen LogP contribution in [0.4, 0.5) is 10.1 Å². The van der Waals surface area contributed by atoms with Gasteiger partial charge < -0.3 is 11.5 Å². The van der Waals surface area contributed by atoms with Gasteiger partial charge in [0.1, 0.15) is 5.69 Å². The Morgan fingerprint density at radius 3 is 2.67 bits per heavy atom. The monoisotopic (exact) mass is 167 g/mol. The molecule has 0 aliphatic rings. The average Bonchev–Trinajstić information content (AvgIpc) is 1.99. The number of aromatic nitrogens is 1. The zero-order valence-corrected chi connectivity index (χ0v) is 6.47. The van der Waals surface area contributed by atoms with E-state index in [-0.39, 0.29) is 17.0 Å². The van der Waals surface area contributed by atoms with Gasteiger partial charge in [0.15, 0.2) is 13.7 Å². The number of hydrogen-bond donors (Lipinski definition) is 2. The Balaban J connectivity index is 3.31. The fourth-order valence-corrected chi connectivity index (χ4v) is 0.808. The molecular weight excluding hydrogens is 160 g/mol. The summed E-state index contributed by atoms with van der Waals surface area (Å²) in [6.07, 6.45) is 0. The molecule has 6 heteroatoms. The summed E-state index contributed by atoms with van der Waals surface area (Å²) in [5, 5.41) is 0. The Morgan fingerprint density at radius 2 is 2.25 bits per heavy atom. The predicted molar refractivity (Wildman–Crippen MR) is 45.3 cm³/mol. The van der Waals surface area contributed by atoms with Crippen molar-refractivity contribution in [1.82, 2.24) is 4.98 Å². The van der Waals surface area contributed by atoms with Gasteiger partial charge in [-0.15, -0.1) is 0 Å². The van der Waals surface area contributed by atoms with E-state index < -0.39 is 11.7 Å². The second-order valence-corrected chi connectivity index (χ2v) is 2.36. The third-order valence-electron chi connectivity index (χ3n) is 1.40. The van der Waals surface area contributed by atoms with Crippen molar-refractivity contribution in [1.29, 1.82) is 0 Å². The Kier molecular flexibility index (Phi) is 1.99. The molecule has 0 bridgehead atoms. The first kappa shape index (κ1) is 8.51. The first-order valence-corrected chi connectivity index (χ1v) is 3.25. The van der Waals surface area contributed by atoms with Crippen molar-refractivity contribution in [3.05, 3.63) is 17.6 Å². The van der Waals surface area contributed by atoms with Crippen LogP contribution < -0.4 is 17.1 Å². The smallest absolute Gasteiger partial charge is 0.267 e. The van der Waals surface area contributed by atoms with Crippen molar-refractivity contribution >= 4 is 25.0 Å². The number of pyridine rings is 1. The molecule has 0 atom stereocenters. The van der Waals surface area contributed by atoms with E-state index in [9.17, 15) is 9.18 Å². The van der Waals surface area contributed by atoms with Gasteiger partial charge in [-0.3, -0.25) is 9.78 Å². The van der Waals surface area contributed by atoms with Crippen LogP contribution in [-0.4, -0.2) is 18.7 Å². The maximum absolute atomic E-state index is 12.8. The number of halogens is 1. The summed E-state index contributed by atoms with van der Waals surface area (Å²) in [4.78, 5) is 14.2. The van der Waals surface area contributed by atoms with Gasteiger partial charge in [-0.2, -0.15) is 0 Å². The van der Waals surface area contributed by atoms with E-state index in [1.54, 1.807) is 0 Å². The third kappa shape index (κ3) is 1.36. The summed E-state index contributed by atoms with van der Waals surface area (Å²) in [7, 11) is 1.41. The highest BCUT2D eigenvalue weighted by molar-refractivity contribution is 6.31. The molecule has 62 valence electrons. The number of hydrogen-bond acceptors (Lipinski definition) is 3. The summed E-state index contributed by atoms with van der Waals surface area (Å²) in [5.41, 5.74) is 10.1. The van der Waals surface area contributed by atoms with Gasteiger partial charge in [0.2, 0.25) is 0 Å². The van der Waals surface area contributed by atoms with Gasteiger partial charge in [-0.05, 0) is 6.07 Å². The van der Waals surface area contributed by atoms with E-state index in [0.29, 0.717) is 0 Å². The van der Waals surface area contributed by atoms with Crippen molar-refractivity contribution in [2.45, 2.75) is 0 Å². The number of nitrogens with zero attached hydrogens (tertiary/aromatic N) is 1. The van der Waals surface area contributed by atoms with Crippen molar-refractivity contribution in [2.75, 3.05) is 5.73 Å². The molecule has 0 saturated carbocycles. The molecule has 1 amide bonds. The number of carbonyl (C=O) groups is 1. The SMILES string of the molecule is Bc1nc(C(N)=O)cc(N)c1F. The lowest BCUT2D eigenvalue weighted by Crippen LogP contribution is -2.23. The third-order valence-corrected chi connectivity index (χ3v) is 1.40. The van der Waals surface area contributed by atoms with Crippen LogP contribution in [0.15, 0.2) is 6.07 Å². The molecule has 4 nitrogen and oxygen atoms in total. The molecule has 0 aliphatic carbocycles. The number of carbonyl (C=O) groups excluding carboxylic acids is 1. The zero-order valence-electron chi connectivity index (χ0n) is 6.47. The van der Waals surface area contributed by atoms with Crippen LogP contribution in [0.2, 0.25) is 0 Å². The summed E-state index contributed by atoms with van der Waals surface area (Å²) >= 11 is 0. The quantitative estimate of drug-likeness (QED) is 0.482. The van der Waals surface area contributed by atoms with Gasteiger partial charge in [-0.1, -0.05) is 0 Å². The molecule has 0 saturated heterocycles. The molecule has 0 unspecified atom stereocenters. The fourth-order valence-electron chi connectivity index (χ4n) is 0.808. The molecule has 1 rings (SSSR count). The van der Waals surface area contributed by atoms with Crippen LogP contribution in [0.3, 0.4) is 0 Å². The van der Waals surface area contributed by atoms with Crippen molar-refractivity contribution in [2.24, 2.45) is 5.73 Å². The molecule has 1 heterocycles. The number of primary amides is 1. The molecule has 4 N–H and O–H groups in total. The lowest BCUT2D eigenvalue weighted by atomic mass is 10.0. The minimum Gasteiger partial charge on any atom is -0.396 e. The maximum Gasteiger partial charge on any atom is 0.267 e. The second kappa shape index (κ2) is 2.81. The molecular formula is C6H7BFN3O. The van der Waals surface area contributed by atoms with E-state index in [2.05, 4.69) is 4.98 Å². The lowest BCUT2D eigenvalue weighted by molar-refractivity contribution is 0.0996. The number of rotatable bonds is 1. The highest BCUT2D eigenvalue weighted by Crippen LogP contribution is 2.06. The van der Waals surface area contributed by atoms with Crippen molar-refractivity contribution < 1.29 is 9.18 Å². The Bertz CT molecular complexity index is 319. The number of anilines is 1. The van der Waals surface area contributed by atoms with E-state index in [1.165, 1.54) is 7.85 Å². The summed E-state index contributed by atoms with van der Waals surface area (Å²) < 4.78 is 12.8. The Morgan fingerprint density at radius 1 is 1.67 bits per heavy atom. The van der Waals surface area contributed by atoms with Gasteiger partial charge in [0.05, 0.1) is 5.69 Å². The van der Waals surface area contributed by atoms with Crippen molar-refractivity contribution in [3.8, 4) is 0 Å². The molecule has 0 aliphatic heterocycles. The second-order valence-electron chi connectivity index (χ2n) is 2.36. The zero-order chi connectivity index (χ0) is 9.30. The molecule has 0 spiro atoms. The number of nitrogens with two attached hydrogens (primary N) is 2. The molecule has 12 heavy (non-hydrogen) atoms. The van der Waals surface area contributed by atoms with Gasteiger partial charge >= 0.3 is 0 Å². The van der Waals surface area contributed by atoms with Crippen LogP contribution in [0.25, 0.3) is 0 Å². The minimum atomic E-state index is -0.718. The van der Waals surface area contributed by atoms with E-state index in [0.717, 1.165) is 6.07 Å². The Labute approximate surface area is 69.2 Å². The highest BCUT2D eigenvalue weighted by atomic mass is 19.1. The summed E-state index contributed by atoms with van der Waals surface area (Å²) in [6, 6.07) is 1.12. The van der Waals surface area contributed by atoms with E-state index >= 15 is 0 Å². The van der Waals surface area contributed by atoms with Crippen LogP contribution in [0.5, 0.6) is 0 Å². The first-order valence-electron chi connectivity index (χ1n) is 3.25. The predicted octanol–water partition coefficient (Wildman–Crippen LogP) is -1.84. The van der Waals surface area contributed by atoms with Crippen LogP contribution in [0.1, 0.15) is 10.5 Å². The Hall–Kier alpha value is -1.59. The van der Waals surface area contributed by atoms with Crippen LogP contribution in [0, 0.1) is 5.82 Å². The molecule has 1 aromatic heterocycles. The van der Waals surface area contributed by atoms with E-state index in [1.807, 2.05) is 0 Å². The maximum atomic E-state index is 12.8. The van der Waals surface area contributed by atoms with Gasteiger partial charge in [-0.25, -0.2) is 4.39 Å². The normalized spacial score (nSPS) is 9.75. The summed E-state index contributed by atoms with van der Waals surface area (Å²) in [5.74, 6) is -1.33. The molecule has 0 fully saturated rings. The first-order chi connectivity index (χ1) is 5.52. The minimum absolute atomic E-state index is 0.0219. The van der Waals surface area contributed by atoms with Gasteiger partial charge in [0, 0.05) is 5.59 Å². The standard InChI is InChI=1S/C6H7BFN3O/c7-5-4(8)2(9)1-3(11-5)6(10)12/h1H,7H2,(H2,9,11)(H2,10,12). The fraction of sp³-hybridized carbons (Fsp3) is 0. The topological polar surface area (TPSA) is 82.0 Å². The van der Waals surface area contributed by atoms with Crippen molar-refractivity contribution in [3.63, 3.8) is 0 Å². The molecule has 0 aromatic carbocycles. The highest BCUT2D eigenvalue weighted by Gasteiger charge is 2.09. The average molecular weight is 167 g/mol.